The minimum atomic E-state index is -1.34. The Bertz CT molecular complexity index is 1270. The zero-order valence-electron chi connectivity index (χ0n) is 19.5. The van der Waals surface area contributed by atoms with Crippen molar-refractivity contribution in [3.05, 3.63) is 53.1 Å². The van der Waals surface area contributed by atoms with Crippen molar-refractivity contribution in [1.82, 2.24) is 15.6 Å². The van der Waals surface area contributed by atoms with Crippen molar-refractivity contribution in [2.75, 3.05) is 13.1 Å². The van der Waals surface area contributed by atoms with Crippen LogP contribution in [-0.4, -0.2) is 40.6 Å². The van der Waals surface area contributed by atoms with E-state index in [2.05, 4.69) is 21.7 Å². The maximum absolute atomic E-state index is 12.9. The van der Waals surface area contributed by atoms with E-state index in [9.17, 15) is 20.0 Å². The molecule has 1 aliphatic rings. The number of carbonyl (C=O) groups excluding carboxylic acids is 1. The second-order valence-electron chi connectivity index (χ2n) is 9.26. The molecule has 1 aliphatic heterocycles. The van der Waals surface area contributed by atoms with Gasteiger partial charge < -0.3 is 20.2 Å². The lowest BCUT2D eigenvalue weighted by molar-refractivity contribution is -0.146. The molecule has 0 bridgehead atoms. The predicted octanol–water partition coefficient (Wildman–Crippen LogP) is 4.06. The molecule has 0 saturated carbocycles. The summed E-state index contributed by atoms with van der Waals surface area (Å²) in [5.74, 6) is -1.07. The molecule has 3 aromatic rings. The molecule has 1 amide bonds. The topological polar surface area (TPSA) is 128 Å². The quantitative estimate of drug-likeness (QED) is 0.506. The van der Waals surface area contributed by atoms with Crippen LogP contribution < -0.4 is 10.6 Å². The van der Waals surface area contributed by atoms with Gasteiger partial charge in [0.15, 0.2) is 5.58 Å². The van der Waals surface area contributed by atoms with Gasteiger partial charge in [0.25, 0.3) is 5.91 Å². The average Bonchev–Trinajstić information content (AvgIpc) is 3.27. The zero-order valence-corrected chi connectivity index (χ0v) is 19.5. The van der Waals surface area contributed by atoms with Gasteiger partial charge in [-0.15, -0.1) is 0 Å². The fraction of sp³-hybridized carbons (Fsp3) is 0.385. The molecule has 34 heavy (non-hydrogen) atoms. The monoisotopic (exact) mass is 460 g/mol. The van der Waals surface area contributed by atoms with E-state index in [0.29, 0.717) is 46.5 Å². The maximum atomic E-state index is 12.9. The molecule has 1 fully saturated rings. The molecule has 8 nitrogen and oxygen atoms in total. The maximum Gasteiger partial charge on any atom is 0.329 e. The lowest BCUT2D eigenvalue weighted by Gasteiger charge is -2.37. The summed E-state index contributed by atoms with van der Waals surface area (Å²) < 4.78 is 6.03. The molecule has 176 valence electrons. The molecular weight excluding hydrogens is 432 g/mol. The van der Waals surface area contributed by atoms with Crippen molar-refractivity contribution in [3.63, 3.8) is 0 Å². The van der Waals surface area contributed by atoms with Crippen molar-refractivity contribution in [3.8, 4) is 17.5 Å². The smallest absolute Gasteiger partial charge is 0.329 e. The number of aliphatic carboxylic acids is 1. The number of hydrogen-bond donors (Lipinski definition) is 3. The molecule has 0 aliphatic carbocycles. The molecule has 1 aromatic heterocycles. The largest absolute Gasteiger partial charge is 0.480 e. The standard InChI is InChI=1S/C26H28N4O4/c1-15(2)20-12-16(14-27)13-21-22(20)34-24(29-21)18-6-4-17(5-7-18)23(31)30-26(3,25(32)33)19-8-10-28-11-9-19/h4-7,12-13,15,19,28H,8-11H2,1-3H3,(H,30,31)(H,32,33). The third-order valence-electron chi connectivity index (χ3n) is 6.64. The van der Waals surface area contributed by atoms with Crippen molar-refractivity contribution in [2.45, 2.75) is 45.1 Å². The first-order valence-electron chi connectivity index (χ1n) is 11.4. The van der Waals surface area contributed by atoms with Crippen LogP contribution in [0.25, 0.3) is 22.6 Å². The Morgan fingerprint density at radius 3 is 2.50 bits per heavy atom. The van der Waals surface area contributed by atoms with Crippen LogP contribution in [0.1, 0.15) is 61.0 Å². The molecule has 2 aromatic carbocycles. The van der Waals surface area contributed by atoms with E-state index in [0.717, 1.165) is 18.7 Å². The van der Waals surface area contributed by atoms with Crippen LogP contribution >= 0.6 is 0 Å². The van der Waals surface area contributed by atoms with Gasteiger partial charge in [0.2, 0.25) is 5.89 Å². The van der Waals surface area contributed by atoms with Gasteiger partial charge in [-0.25, -0.2) is 9.78 Å². The van der Waals surface area contributed by atoms with Crippen LogP contribution in [0.5, 0.6) is 0 Å². The minimum Gasteiger partial charge on any atom is -0.480 e. The van der Waals surface area contributed by atoms with Gasteiger partial charge in [-0.2, -0.15) is 5.26 Å². The van der Waals surface area contributed by atoms with Gasteiger partial charge >= 0.3 is 5.97 Å². The zero-order chi connectivity index (χ0) is 24.5. The summed E-state index contributed by atoms with van der Waals surface area (Å²) in [5, 5.41) is 25.2. The number of piperidine rings is 1. The van der Waals surface area contributed by atoms with E-state index in [1.54, 1.807) is 37.3 Å². The Kier molecular flexibility index (Phi) is 6.40. The number of hydrogen-bond acceptors (Lipinski definition) is 6. The van der Waals surface area contributed by atoms with Crippen molar-refractivity contribution >= 4 is 23.0 Å². The lowest BCUT2D eigenvalue weighted by atomic mass is 9.79. The molecule has 0 radical (unpaired) electrons. The number of nitrogens with zero attached hydrogens (tertiary/aromatic N) is 2. The second-order valence-corrected chi connectivity index (χ2v) is 9.26. The van der Waals surface area contributed by atoms with Crippen LogP contribution in [0.4, 0.5) is 0 Å². The molecule has 8 heteroatoms. The number of carboxylic acids is 1. The number of rotatable bonds is 6. The second kappa shape index (κ2) is 9.27. The van der Waals surface area contributed by atoms with Gasteiger partial charge in [-0.05, 0) is 81.1 Å². The van der Waals surface area contributed by atoms with Gasteiger partial charge in [0.1, 0.15) is 11.1 Å². The summed E-state index contributed by atoms with van der Waals surface area (Å²) in [6.45, 7) is 7.10. The van der Waals surface area contributed by atoms with Crippen molar-refractivity contribution < 1.29 is 19.1 Å². The molecule has 1 atom stereocenters. The normalized spacial score (nSPS) is 16.2. The number of amides is 1. The highest BCUT2D eigenvalue weighted by molar-refractivity contribution is 5.98. The number of nitriles is 1. The lowest BCUT2D eigenvalue weighted by Crippen LogP contribution is -2.59. The van der Waals surface area contributed by atoms with E-state index in [4.69, 9.17) is 4.42 Å². The minimum absolute atomic E-state index is 0.150. The van der Waals surface area contributed by atoms with Crippen LogP contribution in [0, 0.1) is 17.2 Å². The van der Waals surface area contributed by atoms with Gasteiger partial charge in [0, 0.05) is 16.7 Å². The summed E-state index contributed by atoms with van der Waals surface area (Å²) in [6, 6.07) is 12.4. The number of carbonyl (C=O) groups is 2. The highest BCUT2D eigenvalue weighted by atomic mass is 16.4. The third kappa shape index (κ3) is 4.39. The number of fused-ring (bicyclic) bond motifs is 1. The summed E-state index contributed by atoms with van der Waals surface area (Å²) in [5.41, 5.74) is 2.39. The number of benzene rings is 2. The summed E-state index contributed by atoms with van der Waals surface area (Å²) in [7, 11) is 0. The Labute approximate surface area is 198 Å². The number of aromatic nitrogens is 1. The van der Waals surface area contributed by atoms with Crippen LogP contribution in [-0.2, 0) is 4.79 Å². The van der Waals surface area contributed by atoms with Crippen molar-refractivity contribution in [1.29, 1.82) is 5.26 Å². The van der Waals surface area contributed by atoms with Crippen LogP contribution in [0.15, 0.2) is 40.8 Å². The highest BCUT2D eigenvalue weighted by Gasteiger charge is 2.43. The Hall–Kier alpha value is -3.70. The Morgan fingerprint density at radius 1 is 1.24 bits per heavy atom. The first-order chi connectivity index (χ1) is 16.2. The first kappa shape index (κ1) is 23.5. The molecule has 3 N–H and O–H groups in total. The van der Waals surface area contributed by atoms with E-state index in [1.165, 1.54) is 0 Å². The SMILES string of the molecule is CC(C)c1cc(C#N)cc2nc(-c3ccc(C(=O)NC(C)(C(=O)O)C4CCNCC4)cc3)oc12. The predicted molar refractivity (Wildman–Crippen MR) is 127 cm³/mol. The fourth-order valence-corrected chi connectivity index (χ4v) is 4.48. The fourth-order valence-electron chi connectivity index (χ4n) is 4.48. The third-order valence-corrected chi connectivity index (χ3v) is 6.64. The molecule has 4 rings (SSSR count). The first-order valence-corrected chi connectivity index (χ1v) is 11.4. The molecule has 0 spiro atoms. The molecule has 2 heterocycles. The van der Waals surface area contributed by atoms with Crippen LogP contribution in [0.2, 0.25) is 0 Å². The molecule has 1 saturated heterocycles. The number of carboxylic acid groups (broad SMARTS) is 1. The summed E-state index contributed by atoms with van der Waals surface area (Å²) in [4.78, 5) is 29.5. The van der Waals surface area contributed by atoms with Gasteiger partial charge in [-0.1, -0.05) is 13.8 Å². The van der Waals surface area contributed by atoms with E-state index < -0.39 is 17.4 Å². The Morgan fingerprint density at radius 2 is 1.91 bits per heavy atom. The number of oxazole rings is 1. The van der Waals surface area contributed by atoms with Gasteiger partial charge in [0.05, 0.1) is 11.6 Å². The van der Waals surface area contributed by atoms with Gasteiger partial charge in [-0.3, -0.25) is 4.79 Å². The van der Waals surface area contributed by atoms with Crippen molar-refractivity contribution in [2.24, 2.45) is 5.92 Å². The van der Waals surface area contributed by atoms with Crippen LogP contribution in [0.3, 0.4) is 0 Å². The highest BCUT2D eigenvalue weighted by Crippen LogP contribution is 2.32. The number of nitrogens with one attached hydrogen (secondary N) is 2. The molecular formula is C26H28N4O4. The molecule has 1 unspecified atom stereocenters. The van der Waals surface area contributed by atoms with E-state index in [1.807, 2.05) is 19.9 Å². The average molecular weight is 461 g/mol. The van der Waals surface area contributed by atoms with E-state index >= 15 is 0 Å². The summed E-state index contributed by atoms with van der Waals surface area (Å²) >= 11 is 0. The summed E-state index contributed by atoms with van der Waals surface area (Å²) in [6.07, 6.45) is 1.37. The van der Waals surface area contributed by atoms with E-state index in [-0.39, 0.29) is 11.8 Å². The Balaban J connectivity index is 1.59.